The summed E-state index contributed by atoms with van der Waals surface area (Å²) in [5.41, 5.74) is 5.60. The third-order valence-electron chi connectivity index (χ3n) is 4.00. The first-order valence-corrected chi connectivity index (χ1v) is 9.15. The number of rotatable bonds is 7. The van der Waals surface area contributed by atoms with Crippen molar-refractivity contribution >= 4 is 34.1 Å². The van der Waals surface area contributed by atoms with E-state index in [1.807, 2.05) is 0 Å². The zero-order valence-corrected chi connectivity index (χ0v) is 16.5. The van der Waals surface area contributed by atoms with Crippen molar-refractivity contribution in [2.45, 2.75) is 40.2 Å². The van der Waals surface area contributed by atoms with Crippen LogP contribution in [0.2, 0.25) is 0 Å². The minimum atomic E-state index is -2.76. The summed E-state index contributed by atoms with van der Waals surface area (Å²) in [6.07, 6.45) is -2.76. The number of anilines is 1. The van der Waals surface area contributed by atoms with E-state index in [1.165, 1.54) is 19.9 Å². The minimum absolute atomic E-state index is 0.0339. The Balaban J connectivity index is 2.36. The summed E-state index contributed by atoms with van der Waals surface area (Å²) >= 11 is 0.847. The lowest BCUT2D eigenvalue weighted by Crippen LogP contribution is -2.25. The maximum atomic E-state index is 12.8. The van der Waals surface area contributed by atoms with E-state index in [-0.39, 0.29) is 22.0 Å². The molecule has 0 saturated heterocycles. The Morgan fingerprint density at radius 2 is 2.00 bits per heavy atom. The number of carbonyl (C=O) groups excluding carboxylic acids is 3. The molecule has 0 radical (unpaired) electrons. The first-order valence-electron chi connectivity index (χ1n) is 8.33. The number of aryl methyl sites for hydroxylation is 1. The van der Waals surface area contributed by atoms with Gasteiger partial charge in [-0.25, -0.2) is 13.6 Å². The molecule has 2 heterocycles. The quantitative estimate of drug-likeness (QED) is 0.676. The van der Waals surface area contributed by atoms with E-state index in [9.17, 15) is 23.2 Å². The zero-order chi connectivity index (χ0) is 21.2. The third-order valence-corrected chi connectivity index (χ3v) is 5.22. The SMILES string of the molecule is CCOC(=O)c1c(NC(=O)C(C)n2nc(C(F)F)cc2C)sc(C(N)=O)c1C. The smallest absolute Gasteiger partial charge is 0.341 e. The fourth-order valence-electron chi connectivity index (χ4n) is 2.62. The number of nitrogens with zero attached hydrogens (tertiary/aromatic N) is 2. The fraction of sp³-hybridized carbons (Fsp3) is 0.412. The van der Waals surface area contributed by atoms with Crippen molar-refractivity contribution < 1.29 is 27.9 Å². The molecule has 2 rings (SSSR count). The number of hydrogen-bond donors (Lipinski definition) is 2. The second-order valence-electron chi connectivity index (χ2n) is 5.97. The van der Waals surface area contributed by atoms with Crippen LogP contribution in [-0.4, -0.2) is 34.2 Å². The van der Waals surface area contributed by atoms with Crippen LogP contribution >= 0.6 is 11.3 Å². The molecule has 0 spiro atoms. The highest BCUT2D eigenvalue weighted by molar-refractivity contribution is 7.18. The normalized spacial score (nSPS) is 12.1. The van der Waals surface area contributed by atoms with Gasteiger partial charge in [-0.2, -0.15) is 5.10 Å². The van der Waals surface area contributed by atoms with Crippen LogP contribution in [0.4, 0.5) is 13.8 Å². The van der Waals surface area contributed by atoms with Gasteiger partial charge < -0.3 is 15.8 Å². The lowest BCUT2D eigenvalue weighted by molar-refractivity contribution is -0.119. The number of ether oxygens (including phenoxy) is 1. The van der Waals surface area contributed by atoms with Gasteiger partial charge in [0.1, 0.15) is 16.7 Å². The van der Waals surface area contributed by atoms with Crippen LogP contribution in [-0.2, 0) is 9.53 Å². The van der Waals surface area contributed by atoms with E-state index in [0.717, 1.165) is 16.0 Å². The van der Waals surface area contributed by atoms with Crippen LogP contribution in [0.3, 0.4) is 0 Å². The molecule has 0 fully saturated rings. The Bertz CT molecular complexity index is 923. The van der Waals surface area contributed by atoms with Crippen LogP contribution in [0.25, 0.3) is 0 Å². The highest BCUT2D eigenvalue weighted by Crippen LogP contribution is 2.34. The highest BCUT2D eigenvalue weighted by atomic mass is 32.1. The van der Waals surface area contributed by atoms with Gasteiger partial charge in [0.15, 0.2) is 0 Å². The summed E-state index contributed by atoms with van der Waals surface area (Å²) in [7, 11) is 0. The van der Waals surface area contributed by atoms with Crippen LogP contribution in [0.15, 0.2) is 6.07 Å². The number of esters is 1. The lowest BCUT2D eigenvalue weighted by Gasteiger charge is -2.14. The van der Waals surface area contributed by atoms with Gasteiger partial charge in [-0.15, -0.1) is 11.3 Å². The number of alkyl halides is 2. The van der Waals surface area contributed by atoms with Gasteiger partial charge in [-0.1, -0.05) is 0 Å². The van der Waals surface area contributed by atoms with E-state index < -0.39 is 35.9 Å². The summed E-state index contributed by atoms with van der Waals surface area (Å²) in [6.45, 7) is 6.27. The van der Waals surface area contributed by atoms with Crippen LogP contribution in [0, 0.1) is 13.8 Å². The maximum absolute atomic E-state index is 12.8. The topological polar surface area (TPSA) is 116 Å². The largest absolute Gasteiger partial charge is 0.462 e. The minimum Gasteiger partial charge on any atom is -0.462 e. The van der Waals surface area contributed by atoms with Gasteiger partial charge in [-0.3, -0.25) is 14.3 Å². The van der Waals surface area contributed by atoms with Gasteiger partial charge in [-0.05, 0) is 39.3 Å². The predicted octanol–water partition coefficient (Wildman–Crippen LogP) is 2.97. The van der Waals surface area contributed by atoms with Gasteiger partial charge >= 0.3 is 5.97 Å². The molecule has 2 amide bonds. The highest BCUT2D eigenvalue weighted by Gasteiger charge is 2.28. The molecule has 152 valence electrons. The number of thiophene rings is 1. The molecular weight excluding hydrogens is 394 g/mol. The van der Waals surface area contributed by atoms with Gasteiger partial charge in [0, 0.05) is 5.69 Å². The molecule has 1 unspecified atom stereocenters. The van der Waals surface area contributed by atoms with E-state index in [0.29, 0.717) is 11.3 Å². The van der Waals surface area contributed by atoms with Crippen molar-refractivity contribution in [3.05, 3.63) is 33.5 Å². The summed E-state index contributed by atoms with van der Waals surface area (Å²) in [6, 6.07) is 0.251. The zero-order valence-electron chi connectivity index (χ0n) is 15.7. The number of primary amides is 1. The Morgan fingerprint density at radius 3 is 2.50 bits per heavy atom. The van der Waals surface area contributed by atoms with Crippen molar-refractivity contribution in [3.63, 3.8) is 0 Å². The molecule has 2 aromatic heterocycles. The third kappa shape index (κ3) is 4.19. The van der Waals surface area contributed by atoms with Gasteiger partial charge in [0.25, 0.3) is 12.3 Å². The molecule has 11 heteroatoms. The molecule has 8 nitrogen and oxygen atoms in total. The standard InChI is InChI=1S/C17H20F2N4O4S/c1-5-27-17(26)11-8(3)12(14(20)24)28-16(11)21-15(25)9(4)23-7(2)6-10(22-23)13(18)19/h6,9,13H,5H2,1-4H3,(H2,20,24)(H,21,25). The van der Waals surface area contributed by atoms with Crippen molar-refractivity contribution in [2.75, 3.05) is 11.9 Å². The number of hydrogen-bond acceptors (Lipinski definition) is 6. The molecule has 0 aliphatic carbocycles. The van der Waals surface area contributed by atoms with E-state index >= 15 is 0 Å². The fourth-order valence-corrected chi connectivity index (χ4v) is 3.67. The van der Waals surface area contributed by atoms with Gasteiger partial charge in [0.05, 0.1) is 17.0 Å². The summed E-state index contributed by atoms with van der Waals surface area (Å²) < 4.78 is 31.8. The number of carbonyl (C=O) groups is 3. The molecule has 0 aliphatic heterocycles. The number of nitrogens with two attached hydrogens (primary N) is 1. The first-order chi connectivity index (χ1) is 13.1. The van der Waals surface area contributed by atoms with Crippen molar-refractivity contribution in [1.29, 1.82) is 0 Å². The number of amides is 2. The van der Waals surface area contributed by atoms with Crippen LogP contribution in [0.1, 0.15) is 63.3 Å². The number of aromatic nitrogens is 2. The van der Waals surface area contributed by atoms with Crippen LogP contribution in [0.5, 0.6) is 0 Å². The molecule has 1 atom stereocenters. The second kappa shape index (κ2) is 8.46. The molecule has 2 aromatic rings. The van der Waals surface area contributed by atoms with E-state index in [4.69, 9.17) is 10.5 Å². The lowest BCUT2D eigenvalue weighted by atomic mass is 10.1. The molecule has 28 heavy (non-hydrogen) atoms. The van der Waals surface area contributed by atoms with Crippen LogP contribution < -0.4 is 11.1 Å². The van der Waals surface area contributed by atoms with Crippen molar-refractivity contribution in [2.24, 2.45) is 5.73 Å². The number of halogens is 2. The average Bonchev–Trinajstić information content (AvgIpc) is 3.15. The molecule has 0 saturated carbocycles. The second-order valence-corrected chi connectivity index (χ2v) is 6.99. The monoisotopic (exact) mass is 414 g/mol. The van der Waals surface area contributed by atoms with Crippen molar-refractivity contribution in [1.82, 2.24) is 9.78 Å². The van der Waals surface area contributed by atoms with Crippen molar-refractivity contribution in [3.8, 4) is 0 Å². The van der Waals surface area contributed by atoms with E-state index in [1.54, 1.807) is 13.8 Å². The maximum Gasteiger partial charge on any atom is 0.341 e. The molecule has 0 aromatic carbocycles. The molecule has 0 aliphatic rings. The molecule has 0 bridgehead atoms. The Morgan fingerprint density at radius 1 is 1.36 bits per heavy atom. The predicted molar refractivity (Wildman–Crippen MR) is 98.8 cm³/mol. The Hall–Kier alpha value is -2.82. The average molecular weight is 414 g/mol. The summed E-state index contributed by atoms with van der Waals surface area (Å²) in [5, 5.41) is 6.40. The first kappa shape index (κ1) is 21.5. The molecular formula is C17H20F2N4O4S. The van der Waals surface area contributed by atoms with E-state index in [2.05, 4.69) is 10.4 Å². The number of nitrogens with one attached hydrogen (secondary N) is 1. The summed E-state index contributed by atoms with van der Waals surface area (Å²) in [5.74, 6) is -2.05. The molecule has 3 N–H and O–H groups in total. The Kier molecular flexibility index (Phi) is 6.49. The Labute approximate surface area is 163 Å². The van der Waals surface area contributed by atoms with Gasteiger partial charge in [0.2, 0.25) is 5.91 Å². The summed E-state index contributed by atoms with van der Waals surface area (Å²) in [4.78, 5) is 36.6.